The first-order valence-corrected chi connectivity index (χ1v) is 8.45. The molecular weight excluding hydrogens is 340 g/mol. The van der Waals surface area contributed by atoms with E-state index in [9.17, 15) is 18.5 Å². The molecule has 0 amide bonds. The number of aryl methyl sites for hydroxylation is 1. The summed E-state index contributed by atoms with van der Waals surface area (Å²) in [7, 11) is -2.61. The molecule has 0 aliphatic carbocycles. The lowest BCUT2D eigenvalue weighted by molar-refractivity contribution is -0.387. The number of nitrogens with zero attached hydrogens (tertiary/aromatic N) is 3. The molecule has 0 fully saturated rings. The zero-order chi connectivity index (χ0) is 17.3. The van der Waals surface area contributed by atoms with Crippen molar-refractivity contribution in [2.45, 2.75) is 11.3 Å². The van der Waals surface area contributed by atoms with Gasteiger partial charge in [0.25, 0.3) is 15.7 Å². The standard InChI is InChI=1S/C13H14N4O6S/c1-16-4-3-13(14-16)15-24(20,21)12-8-11-10(7-9(12)17(18)19)22-5-2-6-23-11/h3-4,7-8H,2,5-6H2,1H3,(H,14,15). The highest BCUT2D eigenvalue weighted by molar-refractivity contribution is 7.92. The third-order valence-electron chi connectivity index (χ3n) is 3.27. The molecule has 1 aliphatic rings. The summed E-state index contributed by atoms with van der Waals surface area (Å²) in [6.45, 7) is 0.667. The van der Waals surface area contributed by atoms with Gasteiger partial charge in [0.1, 0.15) is 0 Å². The predicted molar refractivity (Wildman–Crippen MR) is 82.7 cm³/mol. The highest BCUT2D eigenvalue weighted by atomic mass is 32.2. The summed E-state index contributed by atoms with van der Waals surface area (Å²) < 4.78 is 39.5. The first kappa shape index (κ1) is 16.1. The topological polar surface area (TPSA) is 126 Å². The van der Waals surface area contributed by atoms with E-state index >= 15 is 0 Å². The normalized spacial score (nSPS) is 14.0. The van der Waals surface area contributed by atoms with Gasteiger partial charge in [-0.1, -0.05) is 0 Å². The van der Waals surface area contributed by atoms with E-state index in [-0.39, 0.29) is 17.3 Å². The maximum absolute atomic E-state index is 12.5. The molecule has 2 aromatic rings. The minimum absolute atomic E-state index is 0.0545. The third-order valence-corrected chi connectivity index (χ3v) is 4.65. The lowest BCUT2D eigenvalue weighted by atomic mass is 10.3. The van der Waals surface area contributed by atoms with Crippen molar-refractivity contribution in [3.05, 3.63) is 34.5 Å². The summed E-state index contributed by atoms with van der Waals surface area (Å²) in [5.74, 6) is 0.356. The highest BCUT2D eigenvalue weighted by Crippen LogP contribution is 2.38. The number of hydrogen-bond acceptors (Lipinski definition) is 7. The van der Waals surface area contributed by atoms with E-state index in [1.807, 2.05) is 0 Å². The number of nitrogens with one attached hydrogen (secondary N) is 1. The Bertz CT molecular complexity index is 892. The first-order valence-electron chi connectivity index (χ1n) is 6.97. The maximum atomic E-state index is 12.5. The second kappa shape index (κ2) is 6.00. The van der Waals surface area contributed by atoms with Crippen molar-refractivity contribution in [2.24, 2.45) is 7.05 Å². The summed E-state index contributed by atoms with van der Waals surface area (Å²) in [4.78, 5) is 10.0. The van der Waals surface area contributed by atoms with Crippen LogP contribution < -0.4 is 14.2 Å². The van der Waals surface area contributed by atoms with Gasteiger partial charge >= 0.3 is 0 Å². The number of aromatic nitrogens is 2. The fourth-order valence-corrected chi connectivity index (χ4v) is 3.36. The monoisotopic (exact) mass is 354 g/mol. The van der Waals surface area contributed by atoms with Gasteiger partial charge in [-0.3, -0.25) is 19.5 Å². The zero-order valence-corrected chi connectivity index (χ0v) is 13.4. The average Bonchev–Trinajstić information content (AvgIpc) is 2.78. The van der Waals surface area contributed by atoms with Crippen molar-refractivity contribution >= 4 is 21.5 Å². The largest absolute Gasteiger partial charge is 0.490 e. The van der Waals surface area contributed by atoms with Crippen LogP contribution in [0.1, 0.15) is 6.42 Å². The fourth-order valence-electron chi connectivity index (χ4n) is 2.20. The number of rotatable bonds is 4. The van der Waals surface area contributed by atoms with Crippen molar-refractivity contribution in [3.63, 3.8) is 0 Å². The Labute approximate surface area is 137 Å². The summed E-state index contributed by atoms with van der Waals surface area (Å²) in [6, 6.07) is 3.60. The average molecular weight is 354 g/mol. The molecule has 0 saturated carbocycles. The molecule has 1 aromatic heterocycles. The molecule has 1 N–H and O–H groups in total. The van der Waals surface area contributed by atoms with Crippen LogP contribution in [0.4, 0.5) is 11.5 Å². The highest BCUT2D eigenvalue weighted by Gasteiger charge is 2.30. The lowest BCUT2D eigenvalue weighted by Gasteiger charge is -2.11. The van der Waals surface area contributed by atoms with Crippen LogP contribution in [0.3, 0.4) is 0 Å². The molecule has 2 heterocycles. The molecule has 0 saturated heterocycles. The minimum Gasteiger partial charge on any atom is -0.490 e. The number of anilines is 1. The predicted octanol–water partition coefficient (Wildman–Crippen LogP) is 1.29. The molecule has 0 radical (unpaired) electrons. The Kier molecular flexibility index (Phi) is 4.01. The van der Waals surface area contributed by atoms with Crippen molar-refractivity contribution in [2.75, 3.05) is 17.9 Å². The van der Waals surface area contributed by atoms with Gasteiger partial charge in [-0.15, -0.1) is 0 Å². The smallest absolute Gasteiger partial charge is 0.293 e. The molecule has 11 heteroatoms. The van der Waals surface area contributed by atoms with Crippen LogP contribution in [0.15, 0.2) is 29.3 Å². The number of nitro groups is 1. The van der Waals surface area contributed by atoms with Crippen LogP contribution in [0.2, 0.25) is 0 Å². The Balaban J connectivity index is 2.07. The summed E-state index contributed by atoms with van der Waals surface area (Å²) in [6.07, 6.45) is 2.14. The van der Waals surface area contributed by atoms with Crippen molar-refractivity contribution in [3.8, 4) is 11.5 Å². The number of fused-ring (bicyclic) bond motifs is 1. The van der Waals surface area contributed by atoms with Crippen LogP contribution in [-0.4, -0.2) is 36.3 Å². The van der Waals surface area contributed by atoms with Crippen LogP contribution >= 0.6 is 0 Å². The van der Waals surface area contributed by atoms with Crippen molar-refractivity contribution in [1.82, 2.24) is 9.78 Å². The second-order valence-corrected chi connectivity index (χ2v) is 6.71. The Morgan fingerprint density at radius 1 is 1.29 bits per heavy atom. The molecule has 24 heavy (non-hydrogen) atoms. The van der Waals surface area contributed by atoms with E-state index in [0.29, 0.717) is 19.6 Å². The van der Waals surface area contributed by atoms with Gasteiger partial charge in [-0.25, -0.2) is 8.42 Å². The van der Waals surface area contributed by atoms with Gasteiger partial charge in [0.15, 0.2) is 22.2 Å². The number of sulfonamides is 1. The zero-order valence-electron chi connectivity index (χ0n) is 12.6. The van der Waals surface area contributed by atoms with Gasteiger partial charge in [0.05, 0.1) is 24.2 Å². The van der Waals surface area contributed by atoms with Gasteiger partial charge < -0.3 is 9.47 Å². The number of benzene rings is 1. The van der Waals surface area contributed by atoms with Gasteiger partial charge in [-0.05, 0) is 0 Å². The maximum Gasteiger partial charge on any atom is 0.293 e. The van der Waals surface area contributed by atoms with E-state index in [4.69, 9.17) is 9.47 Å². The lowest BCUT2D eigenvalue weighted by Crippen LogP contribution is -2.15. The first-order chi connectivity index (χ1) is 11.4. The molecule has 1 aromatic carbocycles. The number of ether oxygens (including phenoxy) is 2. The van der Waals surface area contributed by atoms with Crippen LogP contribution in [0, 0.1) is 10.1 Å². The van der Waals surface area contributed by atoms with Gasteiger partial charge in [0.2, 0.25) is 0 Å². The summed E-state index contributed by atoms with van der Waals surface area (Å²) >= 11 is 0. The van der Waals surface area contributed by atoms with Gasteiger partial charge in [-0.2, -0.15) is 5.10 Å². The van der Waals surface area contributed by atoms with Crippen LogP contribution in [-0.2, 0) is 17.1 Å². The molecule has 10 nitrogen and oxygen atoms in total. The van der Waals surface area contributed by atoms with Crippen LogP contribution in [0.25, 0.3) is 0 Å². The van der Waals surface area contributed by atoms with E-state index in [0.717, 1.165) is 12.1 Å². The summed E-state index contributed by atoms with van der Waals surface area (Å²) in [5.41, 5.74) is -0.595. The molecule has 0 bridgehead atoms. The molecule has 0 spiro atoms. The molecule has 0 atom stereocenters. The van der Waals surface area contributed by atoms with Crippen molar-refractivity contribution in [1.29, 1.82) is 0 Å². The van der Waals surface area contributed by atoms with E-state index in [1.54, 1.807) is 13.2 Å². The molecule has 1 aliphatic heterocycles. The molecule has 3 rings (SSSR count). The van der Waals surface area contributed by atoms with Gasteiger partial charge in [0, 0.05) is 31.8 Å². The fraction of sp³-hybridized carbons (Fsp3) is 0.308. The SMILES string of the molecule is Cn1ccc(NS(=O)(=O)c2cc3c(cc2[N+](=O)[O-])OCCCO3)n1. The Morgan fingerprint density at radius 2 is 1.96 bits per heavy atom. The van der Waals surface area contributed by atoms with Crippen LogP contribution in [0.5, 0.6) is 11.5 Å². The Morgan fingerprint density at radius 3 is 2.54 bits per heavy atom. The summed E-state index contributed by atoms with van der Waals surface area (Å²) in [5, 5.41) is 15.2. The second-order valence-electron chi connectivity index (χ2n) is 5.05. The third kappa shape index (κ3) is 3.11. The Hall–Kier alpha value is -2.82. The molecular formula is C13H14N4O6S. The number of nitro benzene ring substituents is 1. The quantitative estimate of drug-likeness (QED) is 0.647. The van der Waals surface area contributed by atoms with E-state index in [1.165, 1.54) is 10.7 Å². The number of hydrogen-bond donors (Lipinski definition) is 1. The van der Waals surface area contributed by atoms with E-state index < -0.39 is 25.5 Å². The molecule has 128 valence electrons. The molecule has 0 unspecified atom stereocenters. The van der Waals surface area contributed by atoms with E-state index in [2.05, 4.69) is 9.82 Å². The van der Waals surface area contributed by atoms with Crippen molar-refractivity contribution < 1.29 is 22.8 Å². The minimum atomic E-state index is -4.22.